The van der Waals surface area contributed by atoms with E-state index in [0.717, 1.165) is 43.6 Å². The number of para-hydroxylation sites is 1. The Labute approximate surface area is 248 Å². The number of carbonyl (C=O) groups excluding carboxylic acids is 2. The van der Waals surface area contributed by atoms with E-state index >= 15 is 4.39 Å². The summed E-state index contributed by atoms with van der Waals surface area (Å²) in [5.74, 6) is -1.00. The summed E-state index contributed by atoms with van der Waals surface area (Å²) in [6, 6.07) is 10.0. The quantitative estimate of drug-likeness (QED) is 0.296. The number of carbonyl (C=O) groups is 2. The Hall–Kier alpha value is -4.35. The minimum atomic E-state index is -0.616. The molecule has 0 bridgehead atoms. The molecule has 11 heteroatoms. The smallest absolute Gasteiger partial charge is 0.256 e. The van der Waals surface area contributed by atoms with Gasteiger partial charge in [0.15, 0.2) is 0 Å². The zero-order valence-electron chi connectivity index (χ0n) is 24.1. The minimum absolute atomic E-state index is 0.119. The third-order valence-electron chi connectivity index (χ3n) is 8.80. The zero-order chi connectivity index (χ0) is 29.7. The Morgan fingerprint density at radius 1 is 1.07 bits per heavy atom. The summed E-state index contributed by atoms with van der Waals surface area (Å²) in [5.41, 5.74) is 5.64. The molecule has 2 aromatic heterocycles. The molecule has 10 nitrogen and oxygen atoms in total. The Morgan fingerprint density at radius 2 is 1.88 bits per heavy atom. The van der Waals surface area contributed by atoms with Crippen molar-refractivity contribution in [3.8, 4) is 5.69 Å². The summed E-state index contributed by atoms with van der Waals surface area (Å²) in [4.78, 5) is 34.4. The molecule has 3 aliphatic rings. The van der Waals surface area contributed by atoms with Crippen molar-refractivity contribution in [3.05, 3.63) is 70.3 Å². The second kappa shape index (κ2) is 11.1. The average Bonchev–Trinajstić information content (AvgIpc) is 3.62. The molecule has 1 saturated heterocycles. The van der Waals surface area contributed by atoms with Crippen LogP contribution in [-0.2, 0) is 11.2 Å². The fourth-order valence-corrected chi connectivity index (χ4v) is 6.67. The first-order chi connectivity index (χ1) is 20.9. The van der Waals surface area contributed by atoms with Crippen LogP contribution < -0.4 is 5.32 Å². The molecule has 0 spiro atoms. The summed E-state index contributed by atoms with van der Waals surface area (Å²) in [6.07, 6.45) is 6.03. The predicted octanol–water partition coefficient (Wildman–Crippen LogP) is 3.92. The highest BCUT2D eigenvalue weighted by Gasteiger charge is 2.32. The normalized spacial score (nSPS) is 19.0. The number of hydrogen-bond donors (Lipinski definition) is 3. The molecule has 7 rings (SSSR count). The van der Waals surface area contributed by atoms with Crippen molar-refractivity contribution in [1.29, 1.82) is 0 Å². The molecule has 5 heterocycles. The van der Waals surface area contributed by atoms with Crippen molar-refractivity contribution in [2.75, 3.05) is 38.0 Å². The molecule has 3 N–H and O–H groups in total. The lowest BCUT2D eigenvalue weighted by molar-refractivity contribution is -0.110. The van der Waals surface area contributed by atoms with Gasteiger partial charge in [0.05, 0.1) is 34.1 Å². The maximum Gasteiger partial charge on any atom is 0.256 e. The molecule has 1 atom stereocenters. The number of anilines is 1. The van der Waals surface area contributed by atoms with Gasteiger partial charge in [-0.1, -0.05) is 23.8 Å². The lowest BCUT2D eigenvalue weighted by Gasteiger charge is -2.31. The number of H-pyrrole nitrogens is 1. The predicted molar refractivity (Wildman–Crippen MR) is 161 cm³/mol. The molecule has 0 saturated carbocycles. The molecule has 2 amide bonds. The monoisotopic (exact) mass is 583 g/mol. The van der Waals surface area contributed by atoms with E-state index in [9.17, 15) is 14.7 Å². The summed E-state index contributed by atoms with van der Waals surface area (Å²) in [6.45, 7) is 5.26. The third-order valence-corrected chi connectivity index (χ3v) is 8.80. The number of aromatic nitrogens is 4. The molecule has 3 aliphatic heterocycles. The van der Waals surface area contributed by atoms with Gasteiger partial charge in [-0.15, -0.1) is 5.10 Å². The first kappa shape index (κ1) is 27.5. The van der Waals surface area contributed by atoms with Crippen LogP contribution in [0.5, 0.6) is 0 Å². The number of amides is 2. The fourth-order valence-electron chi connectivity index (χ4n) is 6.67. The van der Waals surface area contributed by atoms with Gasteiger partial charge in [-0.3, -0.25) is 9.59 Å². The van der Waals surface area contributed by atoms with Crippen LogP contribution in [0.15, 0.2) is 36.4 Å². The number of aryl methyl sites for hydroxylation is 1. The summed E-state index contributed by atoms with van der Waals surface area (Å²) < 4.78 is 16.5. The summed E-state index contributed by atoms with van der Waals surface area (Å²) in [5, 5.41) is 22.1. The molecule has 0 aliphatic carbocycles. The number of hydrogen-bond acceptors (Lipinski definition) is 6. The van der Waals surface area contributed by atoms with E-state index in [4.69, 9.17) is 0 Å². The molecular formula is C32H34FN7O3. The van der Waals surface area contributed by atoms with Crippen LogP contribution in [0, 0.1) is 12.7 Å². The number of likely N-dealkylation sites (tertiary alicyclic amines) is 1. The van der Waals surface area contributed by atoms with E-state index in [0.29, 0.717) is 64.3 Å². The van der Waals surface area contributed by atoms with Gasteiger partial charge >= 0.3 is 0 Å². The van der Waals surface area contributed by atoms with Crippen molar-refractivity contribution in [2.45, 2.75) is 45.1 Å². The second-order valence-corrected chi connectivity index (χ2v) is 11.7. The van der Waals surface area contributed by atoms with Gasteiger partial charge in [0.25, 0.3) is 11.8 Å². The number of fused-ring (bicyclic) bond motifs is 3. The first-order valence-corrected chi connectivity index (χ1v) is 15.0. The minimum Gasteiger partial charge on any atom is -0.390 e. The van der Waals surface area contributed by atoms with E-state index in [1.807, 2.05) is 31.2 Å². The maximum absolute atomic E-state index is 15.0. The van der Waals surface area contributed by atoms with Crippen molar-refractivity contribution in [2.24, 2.45) is 0 Å². The number of β-amino-alcohol motifs (C(OH)–C–C–N with tert-alkyl or cyclic N) is 1. The fraction of sp³-hybridized carbons (Fsp3) is 0.375. The van der Waals surface area contributed by atoms with Gasteiger partial charge in [-0.25, -0.2) is 9.07 Å². The number of halogens is 1. The molecule has 4 aromatic rings. The molecule has 2 aromatic carbocycles. The van der Waals surface area contributed by atoms with E-state index in [1.165, 1.54) is 23.2 Å². The molecule has 0 unspecified atom stereocenters. The van der Waals surface area contributed by atoms with Gasteiger partial charge in [-0.05, 0) is 75.5 Å². The zero-order valence-corrected chi connectivity index (χ0v) is 24.1. The Bertz CT molecular complexity index is 1770. The van der Waals surface area contributed by atoms with Crippen LogP contribution in [0.25, 0.3) is 28.4 Å². The van der Waals surface area contributed by atoms with Crippen molar-refractivity contribution >= 4 is 40.2 Å². The number of aromatic amines is 1. The lowest BCUT2D eigenvalue weighted by Crippen LogP contribution is -2.44. The van der Waals surface area contributed by atoms with Gasteiger partial charge in [-0.2, -0.15) is 0 Å². The van der Waals surface area contributed by atoms with Crippen LogP contribution in [0.1, 0.15) is 58.6 Å². The van der Waals surface area contributed by atoms with Crippen LogP contribution in [-0.4, -0.2) is 85.5 Å². The topological polar surface area (TPSA) is 119 Å². The average molecular weight is 584 g/mol. The number of benzene rings is 2. The molecule has 0 radical (unpaired) electrons. The van der Waals surface area contributed by atoms with Crippen LogP contribution in [0.2, 0.25) is 0 Å². The number of piperidine rings is 1. The van der Waals surface area contributed by atoms with Crippen molar-refractivity contribution < 1.29 is 19.1 Å². The third kappa shape index (κ3) is 5.02. The lowest BCUT2D eigenvalue weighted by atomic mass is 10.0. The Balaban J connectivity index is 1.19. The molecular weight excluding hydrogens is 549 g/mol. The van der Waals surface area contributed by atoms with Gasteiger partial charge in [0, 0.05) is 42.7 Å². The highest BCUT2D eigenvalue weighted by atomic mass is 19.1. The Morgan fingerprint density at radius 3 is 2.72 bits per heavy atom. The number of nitrogens with one attached hydrogen (secondary N) is 2. The summed E-state index contributed by atoms with van der Waals surface area (Å²) >= 11 is 0. The van der Waals surface area contributed by atoms with Gasteiger partial charge in [0.1, 0.15) is 11.3 Å². The van der Waals surface area contributed by atoms with E-state index < -0.39 is 11.9 Å². The number of rotatable bonds is 6. The highest BCUT2D eigenvalue weighted by molar-refractivity contribution is 6.35. The van der Waals surface area contributed by atoms with E-state index in [1.54, 1.807) is 11.0 Å². The van der Waals surface area contributed by atoms with Crippen LogP contribution >= 0.6 is 0 Å². The number of nitrogens with zero attached hydrogens (tertiary/aromatic N) is 5. The van der Waals surface area contributed by atoms with E-state index in [2.05, 4.69) is 25.5 Å². The SMILES string of the molecule is Cc1c(/C=C2\C(=O)Nc3c2cc(F)cc3-n2nnc3ccccc32)[nH]c2c1C(=O)N(C[C@@H](O)CN1CCCCC1)CCC2. The maximum atomic E-state index is 15.0. The number of aliphatic hydroxyl groups is 1. The Kier molecular flexibility index (Phi) is 7.06. The van der Waals surface area contributed by atoms with Crippen molar-refractivity contribution in [3.63, 3.8) is 0 Å². The molecule has 1 fully saturated rings. The standard InChI is InChI=1S/C32H34FN7O3/c1-19-26(34-25-9-7-13-39(32(43)29(19)25)18-21(41)17-38-11-5-2-6-12-38)16-23-22-14-20(33)15-28(30(22)35-31(23)42)40-27-10-4-3-8-24(27)36-37-40/h3-4,8,10,14-16,21,34,41H,2,5-7,9,11-13,17-18H2,1H3,(H,35,42)/b23-16-/t21-/m0/s1. The van der Waals surface area contributed by atoms with Crippen LogP contribution in [0.4, 0.5) is 10.1 Å². The summed E-state index contributed by atoms with van der Waals surface area (Å²) in [7, 11) is 0. The largest absolute Gasteiger partial charge is 0.390 e. The van der Waals surface area contributed by atoms with Crippen LogP contribution in [0.3, 0.4) is 0 Å². The second-order valence-electron chi connectivity index (χ2n) is 11.7. The molecule has 222 valence electrons. The number of aliphatic hydroxyl groups excluding tert-OH is 1. The molecule has 43 heavy (non-hydrogen) atoms. The van der Waals surface area contributed by atoms with E-state index in [-0.39, 0.29) is 18.4 Å². The van der Waals surface area contributed by atoms with Crippen molar-refractivity contribution in [1.82, 2.24) is 29.8 Å². The van der Waals surface area contributed by atoms with Gasteiger partial charge in [0.2, 0.25) is 0 Å². The van der Waals surface area contributed by atoms with Gasteiger partial charge < -0.3 is 25.2 Å². The highest BCUT2D eigenvalue weighted by Crippen LogP contribution is 2.39. The first-order valence-electron chi connectivity index (χ1n) is 15.0.